The van der Waals surface area contributed by atoms with E-state index in [4.69, 9.17) is 29.4 Å². The molecule has 11 heteroatoms. The van der Waals surface area contributed by atoms with Crippen molar-refractivity contribution in [1.82, 2.24) is 0 Å². The average molecular weight is 942 g/mol. The SMILES string of the molecule is CCCCCCC/C=C\C/C=C\CCCCCCCCCCCCCCOCC(COP(=O)(O)OCC(N)C(=O)O)OC(=O)CCCCCCCCCCCCCCCCCCCCC. The molecule has 0 radical (unpaired) electrons. The summed E-state index contributed by atoms with van der Waals surface area (Å²) < 4.78 is 33.6. The van der Waals surface area contributed by atoms with Crippen LogP contribution in [0.3, 0.4) is 0 Å². The van der Waals surface area contributed by atoms with Crippen LogP contribution in [0.1, 0.15) is 271 Å². The number of allylic oxidation sites excluding steroid dienone is 4. The fourth-order valence-corrected chi connectivity index (χ4v) is 8.77. The summed E-state index contributed by atoms with van der Waals surface area (Å²) >= 11 is 0. The third kappa shape index (κ3) is 50.2. The Morgan fingerprint density at radius 2 is 0.846 bits per heavy atom. The summed E-state index contributed by atoms with van der Waals surface area (Å²) in [6.45, 7) is 3.93. The molecule has 4 N–H and O–H groups in total. The van der Waals surface area contributed by atoms with Gasteiger partial charge in [-0.05, 0) is 44.9 Å². The number of esters is 1. The molecule has 0 aromatic carbocycles. The number of hydrogen-bond acceptors (Lipinski definition) is 8. The van der Waals surface area contributed by atoms with E-state index >= 15 is 0 Å². The first-order valence-electron chi connectivity index (χ1n) is 27.4. The van der Waals surface area contributed by atoms with Crippen LogP contribution in [0.5, 0.6) is 0 Å². The summed E-state index contributed by atoms with van der Waals surface area (Å²) in [5, 5.41) is 8.94. The number of carbonyl (C=O) groups excluding carboxylic acids is 1. The van der Waals surface area contributed by atoms with Crippen LogP contribution in [-0.4, -0.2) is 60.5 Å². The summed E-state index contributed by atoms with van der Waals surface area (Å²) in [5.74, 6) is -1.76. The maximum absolute atomic E-state index is 12.7. The standard InChI is InChI=1S/C54H104NO9P/c1-3-5-7-9-11-13-15-17-19-21-23-24-25-26-27-29-31-33-35-37-39-41-43-45-47-61-48-51(49-62-65(59,60)63-50-52(55)54(57)58)64-53(56)46-44-42-40-38-36-34-32-30-28-22-20-18-16-14-12-10-8-6-4-2/h15,17,21,23,51-52H,3-14,16,18-20,22,24-50,55H2,1-2H3,(H,57,58)(H,59,60)/b17-15-,23-21-. The third-order valence-corrected chi connectivity index (χ3v) is 13.2. The highest BCUT2D eigenvalue weighted by molar-refractivity contribution is 7.47. The van der Waals surface area contributed by atoms with Crippen LogP contribution < -0.4 is 5.73 Å². The summed E-state index contributed by atoms with van der Waals surface area (Å²) in [4.78, 5) is 33.7. The van der Waals surface area contributed by atoms with E-state index in [1.165, 1.54) is 205 Å². The van der Waals surface area contributed by atoms with Crippen molar-refractivity contribution < 1.29 is 42.7 Å². The molecule has 0 aliphatic rings. The van der Waals surface area contributed by atoms with Crippen molar-refractivity contribution in [3.63, 3.8) is 0 Å². The minimum absolute atomic E-state index is 0.0211. The lowest BCUT2D eigenvalue weighted by Gasteiger charge is -2.20. The van der Waals surface area contributed by atoms with Crippen LogP contribution in [0.15, 0.2) is 24.3 Å². The molecule has 0 fully saturated rings. The van der Waals surface area contributed by atoms with Crippen LogP contribution in [0.4, 0.5) is 0 Å². The lowest BCUT2D eigenvalue weighted by Crippen LogP contribution is -2.34. The molecule has 0 aliphatic carbocycles. The van der Waals surface area contributed by atoms with Crippen LogP contribution in [0.25, 0.3) is 0 Å². The maximum atomic E-state index is 12.7. The fraction of sp³-hybridized carbons (Fsp3) is 0.889. The summed E-state index contributed by atoms with van der Waals surface area (Å²) in [5.41, 5.74) is 5.38. The van der Waals surface area contributed by atoms with E-state index in [0.717, 1.165) is 44.9 Å². The molecule has 3 atom stereocenters. The van der Waals surface area contributed by atoms with Gasteiger partial charge in [0.1, 0.15) is 12.1 Å². The second-order valence-corrected chi connectivity index (χ2v) is 20.2. The van der Waals surface area contributed by atoms with Crippen LogP contribution in [-0.2, 0) is 32.7 Å². The van der Waals surface area contributed by atoms with Gasteiger partial charge in [0.2, 0.25) is 0 Å². The first kappa shape index (κ1) is 63.5. The fourth-order valence-electron chi connectivity index (χ4n) is 7.99. The number of ether oxygens (including phenoxy) is 2. The van der Waals surface area contributed by atoms with Crippen molar-refractivity contribution in [3.05, 3.63) is 24.3 Å². The van der Waals surface area contributed by atoms with Crippen molar-refractivity contribution in [2.24, 2.45) is 5.73 Å². The first-order valence-corrected chi connectivity index (χ1v) is 28.9. The normalized spacial score (nSPS) is 13.8. The Morgan fingerprint density at radius 1 is 0.492 bits per heavy atom. The molecule has 0 heterocycles. The van der Waals surface area contributed by atoms with Gasteiger partial charge in [0.25, 0.3) is 0 Å². The number of carboxylic acids is 1. The highest BCUT2D eigenvalue weighted by Gasteiger charge is 2.27. The number of carboxylic acid groups (broad SMARTS) is 1. The zero-order valence-corrected chi connectivity index (χ0v) is 43.2. The van der Waals surface area contributed by atoms with Gasteiger partial charge in [0.05, 0.1) is 19.8 Å². The number of rotatable bonds is 53. The monoisotopic (exact) mass is 942 g/mol. The minimum Gasteiger partial charge on any atom is -0.480 e. The Bertz CT molecular complexity index is 1140. The number of carbonyl (C=O) groups is 2. The van der Waals surface area contributed by atoms with Gasteiger partial charge in [-0.25, -0.2) is 4.57 Å². The van der Waals surface area contributed by atoms with Gasteiger partial charge in [-0.2, -0.15) is 0 Å². The van der Waals surface area contributed by atoms with Crippen molar-refractivity contribution in [2.75, 3.05) is 26.4 Å². The van der Waals surface area contributed by atoms with Gasteiger partial charge >= 0.3 is 19.8 Å². The van der Waals surface area contributed by atoms with E-state index < -0.39 is 45.1 Å². The number of nitrogens with two attached hydrogens (primary N) is 1. The van der Waals surface area contributed by atoms with E-state index in [2.05, 4.69) is 38.2 Å². The smallest absolute Gasteiger partial charge is 0.472 e. The van der Waals surface area contributed by atoms with Gasteiger partial charge in [-0.15, -0.1) is 0 Å². The molecule has 3 unspecified atom stereocenters. The molecule has 0 aliphatic heterocycles. The van der Waals surface area contributed by atoms with E-state index in [-0.39, 0.29) is 13.0 Å². The summed E-state index contributed by atoms with van der Waals surface area (Å²) in [7, 11) is -4.62. The second kappa shape index (κ2) is 50.3. The number of hydrogen-bond donors (Lipinski definition) is 3. The van der Waals surface area contributed by atoms with Gasteiger partial charge in [0, 0.05) is 13.0 Å². The molecule has 0 saturated heterocycles. The Balaban J connectivity index is 4.06. The Morgan fingerprint density at radius 3 is 1.25 bits per heavy atom. The van der Waals surface area contributed by atoms with Crippen molar-refractivity contribution in [3.8, 4) is 0 Å². The molecule has 0 spiro atoms. The topological polar surface area (TPSA) is 155 Å². The van der Waals surface area contributed by atoms with Crippen LogP contribution >= 0.6 is 7.82 Å². The molecule has 0 amide bonds. The predicted molar refractivity (Wildman–Crippen MR) is 272 cm³/mol. The van der Waals surface area contributed by atoms with Crippen molar-refractivity contribution in [1.29, 1.82) is 0 Å². The second-order valence-electron chi connectivity index (χ2n) is 18.7. The lowest BCUT2D eigenvalue weighted by molar-refractivity contribution is -0.154. The van der Waals surface area contributed by atoms with Crippen LogP contribution in [0, 0.1) is 0 Å². The predicted octanol–water partition coefficient (Wildman–Crippen LogP) is 16.2. The quantitative estimate of drug-likeness (QED) is 0.0232. The van der Waals surface area contributed by atoms with Crippen molar-refractivity contribution >= 4 is 19.8 Å². The Kier molecular flexibility index (Phi) is 49.1. The Labute approximate surface area is 400 Å². The maximum Gasteiger partial charge on any atom is 0.472 e. The van der Waals surface area contributed by atoms with E-state index in [9.17, 15) is 19.0 Å². The number of aliphatic carboxylic acids is 1. The molecular formula is C54H104NO9P. The van der Waals surface area contributed by atoms with Gasteiger partial charge in [0.15, 0.2) is 0 Å². The Hall–Kier alpha value is -1.55. The zero-order chi connectivity index (χ0) is 47.6. The average Bonchev–Trinajstić information content (AvgIpc) is 3.29. The molecule has 0 bridgehead atoms. The van der Waals surface area contributed by atoms with E-state index in [1.54, 1.807) is 0 Å². The van der Waals surface area contributed by atoms with Gasteiger partial charge < -0.3 is 25.2 Å². The number of phosphoric acid groups is 1. The first-order chi connectivity index (χ1) is 31.7. The highest BCUT2D eigenvalue weighted by atomic mass is 31.2. The molecule has 0 rings (SSSR count). The van der Waals surface area contributed by atoms with E-state index in [0.29, 0.717) is 6.61 Å². The highest BCUT2D eigenvalue weighted by Crippen LogP contribution is 2.43. The molecule has 65 heavy (non-hydrogen) atoms. The number of phosphoric ester groups is 1. The van der Waals surface area contributed by atoms with Gasteiger partial charge in [-0.3, -0.25) is 18.6 Å². The molecule has 0 aromatic heterocycles. The summed E-state index contributed by atoms with van der Waals surface area (Å²) in [6.07, 6.45) is 58.1. The van der Waals surface area contributed by atoms with Crippen LogP contribution in [0.2, 0.25) is 0 Å². The molecule has 0 aromatic rings. The third-order valence-electron chi connectivity index (χ3n) is 12.2. The number of unbranched alkanes of at least 4 members (excludes halogenated alkanes) is 35. The molecular weight excluding hydrogens is 838 g/mol. The zero-order valence-electron chi connectivity index (χ0n) is 42.4. The molecule has 10 nitrogen and oxygen atoms in total. The van der Waals surface area contributed by atoms with Gasteiger partial charge in [-0.1, -0.05) is 244 Å². The molecule has 0 saturated carbocycles. The summed E-state index contributed by atoms with van der Waals surface area (Å²) in [6, 6.07) is -1.47. The minimum atomic E-state index is -4.62. The molecule has 384 valence electrons. The lowest BCUT2D eigenvalue weighted by atomic mass is 10.0. The largest absolute Gasteiger partial charge is 0.480 e. The van der Waals surface area contributed by atoms with Crippen molar-refractivity contribution in [2.45, 2.75) is 283 Å². The van der Waals surface area contributed by atoms with E-state index in [1.807, 2.05) is 0 Å².